The summed E-state index contributed by atoms with van der Waals surface area (Å²) in [6, 6.07) is 8.51. The van der Waals surface area contributed by atoms with E-state index in [4.69, 9.17) is 25.8 Å². The predicted molar refractivity (Wildman–Crippen MR) is 89.7 cm³/mol. The summed E-state index contributed by atoms with van der Waals surface area (Å²) in [7, 11) is 0. The Labute approximate surface area is 153 Å². The minimum atomic E-state index is -1.03. The molecule has 0 saturated heterocycles. The van der Waals surface area contributed by atoms with E-state index in [1.807, 2.05) is 0 Å². The molecule has 1 aliphatic heterocycles. The molecular formula is C17H14ClFN2O5. The third kappa shape index (κ3) is 3.80. The van der Waals surface area contributed by atoms with Crippen LogP contribution in [0.2, 0.25) is 5.02 Å². The van der Waals surface area contributed by atoms with E-state index in [9.17, 15) is 14.0 Å². The van der Waals surface area contributed by atoms with E-state index in [2.05, 4.69) is 10.9 Å². The minimum Gasteiger partial charge on any atom is -0.478 e. The Morgan fingerprint density at radius 1 is 1.23 bits per heavy atom. The van der Waals surface area contributed by atoms with Gasteiger partial charge in [0, 0.05) is 5.56 Å². The van der Waals surface area contributed by atoms with Crippen molar-refractivity contribution in [1.29, 1.82) is 0 Å². The van der Waals surface area contributed by atoms with Gasteiger partial charge in [0.15, 0.2) is 29.2 Å². The number of hydrazine groups is 1. The van der Waals surface area contributed by atoms with Gasteiger partial charge in [0.1, 0.15) is 0 Å². The molecule has 26 heavy (non-hydrogen) atoms. The van der Waals surface area contributed by atoms with E-state index >= 15 is 0 Å². The normalized spacial score (nSPS) is 13.0. The molecule has 136 valence electrons. The number of halogens is 2. The SMILES string of the molecule is CC(Oc1ccccc1F)C(=O)NNC(=O)c1cc(Cl)c2c(c1)OCO2. The topological polar surface area (TPSA) is 85.9 Å². The Morgan fingerprint density at radius 2 is 2.00 bits per heavy atom. The average molecular weight is 381 g/mol. The molecule has 0 saturated carbocycles. The van der Waals surface area contributed by atoms with E-state index in [-0.39, 0.29) is 23.1 Å². The molecule has 1 aliphatic rings. The Kier molecular flexibility index (Phi) is 5.13. The zero-order valence-electron chi connectivity index (χ0n) is 13.5. The van der Waals surface area contributed by atoms with Crippen molar-refractivity contribution in [1.82, 2.24) is 10.9 Å². The lowest BCUT2D eigenvalue weighted by atomic mass is 10.2. The van der Waals surface area contributed by atoms with Gasteiger partial charge in [-0.3, -0.25) is 20.4 Å². The number of hydrogen-bond donors (Lipinski definition) is 2. The molecule has 9 heteroatoms. The summed E-state index contributed by atoms with van der Waals surface area (Å²) in [6.45, 7) is 1.44. The fraction of sp³-hybridized carbons (Fsp3) is 0.176. The van der Waals surface area contributed by atoms with Crippen molar-refractivity contribution in [3.05, 3.63) is 52.8 Å². The van der Waals surface area contributed by atoms with Gasteiger partial charge in [-0.05, 0) is 31.2 Å². The third-order valence-corrected chi connectivity index (χ3v) is 3.78. The molecule has 0 aliphatic carbocycles. The fourth-order valence-electron chi connectivity index (χ4n) is 2.17. The minimum absolute atomic E-state index is 0.0156. The number of benzene rings is 2. The molecule has 1 atom stereocenters. The number of ether oxygens (including phenoxy) is 3. The largest absolute Gasteiger partial charge is 0.478 e. The Hall–Kier alpha value is -3.00. The van der Waals surface area contributed by atoms with Crippen LogP contribution < -0.4 is 25.1 Å². The highest BCUT2D eigenvalue weighted by Crippen LogP contribution is 2.39. The summed E-state index contributed by atoms with van der Waals surface area (Å²) >= 11 is 6.01. The summed E-state index contributed by atoms with van der Waals surface area (Å²) in [5.74, 6) is -1.23. The second-order valence-corrected chi connectivity index (χ2v) is 5.73. The standard InChI is InChI=1S/C17H14ClFN2O5/c1-9(26-13-5-3-2-4-12(13)19)16(22)20-21-17(23)10-6-11(18)15-14(7-10)24-8-25-15/h2-7,9H,8H2,1H3,(H,20,22)(H,21,23). The van der Waals surface area contributed by atoms with E-state index < -0.39 is 23.7 Å². The van der Waals surface area contributed by atoms with Gasteiger partial charge in [-0.25, -0.2) is 4.39 Å². The molecule has 3 rings (SSSR count). The van der Waals surface area contributed by atoms with Gasteiger partial charge in [0.05, 0.1) is 5.02 Å². The van der Waals surface area contributed by atoms with Gasteiger partial charge in [0.25, 0.3) is 11.8 Å². The van der Waals surface area contributed by atoms with Crippen LogP contribution in [0.1, 0.15) is 17.3 Å². The lowest BCUT2D eigenvalue weighted by molar-refractivity contribution is -0.128. The van der Waals surface area contributed by atoms with Crippen molar-refractivity contribution >= 4 is 23.4 Å². The molecular weight excluding hydrogens is 367 g/mol. The smallest absolute Gasteiger partial charge is 0.279 e. The van der Waals surface area contributed by atoms with Crippen molar-refractivity contribution in [2.24, 2.45) is 0 Å². The molecule has 7 nitrogen and oxygen atoms in total. The number of nitrogens with one attached hydrogen (secondary N) is 2. The molecule has 0 aromatic heterocycles. The second kappa shape index (κ2) is 7.49. The van der Waals surface area contributed by atoms with Crippen molar-refractivity contribution in [3.8, 4) is 17.2 Å². The van der Waals surface area contributed by atoms with Gasteiger partial charge in [-0.2, -0.15) is 0 Å². The van der Waals surface area contributed by atoms with Crippen LogP contribution in [-0.4, -0.2) is 24.7 Å². The maximum atomic E-state index is 13.5. The number of carbonyl (C=O) groups excluding carboxylic acids is 2. The molecule has 1 heterocycles. The first-order valence-corrected chi connectivity index (χ1v) is 7.94. The van der Waals surface area contributed by atoms with E-state index in [1.54, 1.807) is 6.07 Å². The van der Waals surface area contributed by atoms with Crippen LogP contribution in [0.25, 0.3) is 0 Å². The number of rotatable bonds is 4. The molecule has 2 aromatic rings. The maximum Gasteiger partial charge on any atom is 0.279 e. The summed E-state index contributed by atoms with van der Waals surface area (Å²) in [4.78, 5) is 24.2. The number of hydrogen-bond acceptors (Lipinski definition) is 5. The summed E-state index contributed by atoms with van der Waals surface area (Å²) in [5, 5.41) is 0.215. The highest BCUT2D eigenvalue weighted by atomic mass is 35.5. The summed E-state index contributed by atoms with van der Waals surface area (Å²) in [5.41, 5.74) is 4.61. The van der Waals surface area contributed by atoms with E-state index in [0.29, 0.717) is 11.5 Å². The molecule has 0 spiro atoms. The predicted octanol–water partition coefficient (Wildman–Crippen LogP) is 2.44. The highest BCUT2D eigenvalue weighted by Gasteiger charge is 2.22. The van der Waals surface area contributed by atoms with Crippen LogP contribution in [0.15, 0.2) is 36.4 Å². The highest BCUT2D eigenvalue weighted by molar-refractivity contribution is 6.32. The molecule has 2 amide bonds. The van der Waals surface area contributed by atoms with Crippen molar-refractivity contribution in [2.45, 2.75) is 13.0 Å². The van der Waals surface area contributed by atoms with Gasteiger partial charge in [-0.15, -0.1) is 0 Å². The number of amides is 2. The number of carbonyl (C=O) groups is 2. The number of para-hydroxylation sites is 1. The van der Waals surface area contributed by atoms with Crippen LogP contribution in [0.5, 0.6) is 17.2 Å². The second-order valence-electron chi connectivity index (χ2n) is 5.33. The van der Waals surface area contributed by atoms with Crippen LogP contribution in [0.3, 0.4) is 0 Å². The first-order chi connectivity index (χ1) is 12.5. The summed E-state index contributed by atoms with van der Waals surface area (Å²) < 4.78 is 29.1. The van der Waals surface area contributed by atoms with E-state index in [0.717, 1.165) is 0 Å². The zero-order valence-corrected chi connectivity index (χ0v) is 14.3. The quantitative estimate of drug-likeness (QED) is 0.796. The molecule has 1 unspecified atom stereocenters. The lowest BCUT2D eigenvalue weighted by Gasteiger charge is -2.15. The summed E-state index contributed by atoms with van der Waals surface area (Å²) in [6.07, 6.45) is -1.03. The van der Waals surface area contributed by atoms with Gasteiger partial charge >= 0.3 is 0 Å². The van der Waals surface area contributed by atoms with Crippen LogP contribution >= 0.6 is 11.6 Å². The van der Waals surface area contributed by atoms with Crippen molar-refractivity contribution in [3.63, 3.8) is 0 Å². The number of fused-ring (bicyclic) bond motifs is 1. The Morgan fingerprint density at radius 3 is 2.77 bits per heavy atom. The molecule has 0 radical (unpaired) electrons. The van der Waals surface area contributed by atoms with Crippen LogP contribution in [0.4, 0.5) is 4.39 Å². The van der Waals surface area contributed by atoms with Gasteiger partial charge < -0.3 is 14.2 Å². The maximum absolute atomic E-state index is 13.5. The zero-order chi connectivity index (χ0) is 18.7. The Bertz CT molecular complexity index is 861. The van der Waals surface area contributed by atoms with Crippen molar-refractivity contribution in [2.75, 3.05) is 6.79 Å². The average Bonchev–Trinajstić information content (AvgIpc) is 3.10. The first-order valence-electron chi connectivity index (χ1n) is 7.56. The van der Waals surface area contributed by atoms with Crippen LogP contribution in [0, 0.1) is 5.82 Å². The monoisotopic (exact) mass is 380 g/mol. The third-order valence-electron chi connectivity index (χ3n) is 3.50. The first kappa shape index (κ1) is 17.8. The molecule has 2 aromatic carbocycles. The van der Waals surface area contributed by atoms with E-state index in [1.165, 1.54) is 37.3 Å². The van der Waals surface area contributed by atoms with Crippen molar-refractivity contribution < 1.29 is 28.2 Å². The fourth-order valence-corrected chi connectivity index (χ4v) is 2.44. The van der Waals surface area contributed by atoms with Gasteiger partial charge in [0.2, 0.25) is 6.79 Å². The molecule has 2 N–H and O–H groups in total. The van der Waals surface area contributed by atoms with Gasteiger partial charge in [-0.1, -0.05) is 23.7 Å². The Balaban J connectivity index is 1.58. The molecule has 0 fully saturated rings. The lowest BCUT2D eigenvalue weighted by Crippen LogP contribution is -2.47. The molecule has 0 bridgehead atoms. The van der Waals surface area contributed by atoms with Crippen LogP contribution in [-0.2, 0) is 4.79 Å².